The van der Waals surface area contributed by atoms with Crippen LogP contribution in [0, 0.1) is 13.8 Å². The molecule has 0 aliphatic heterocycles. The van der Waals surface area contributed by atoms with Gasteiger partial charge in [0.25, 0.3) is 0 Å². The Hall–Kier alpha value is -3.03. The summed E-state index contributed by atoms with van der Waals surface area (Å²) in [5.41, 5.74) is 1.69. The number of aromatic amines is 1. The van der Waals surface area contributed by atoms with E-state index >= 15 is 0 Å². The first-order valence-electron chi connectivity index (χ1n) is 8.24. The van der Waals surface area contributed by atoms with Gasteiger partial charge in [0.1, 0.15) is 11.5 Å². The SMILES string of the molecule is CCNC(=O)N(CC(=O)c1c(C)[nH]c(C(=O)OC)c1C)Cc1ccco1. The Morgan fingerprint density at radius 3 is 2.62 bits per heavy atom. The van der Waals surface area contributed by atoms with Crippen molar-refractivity contribution < 1.29 is 23.5 Å². The van der Waals surface area contributed by atoms with Crippen LogP contribution in [0.3, 0.4) is 0 Å². The highest BCUT2D eigenvalue weighted by atomic mass is 16.5. The molecule has 0 saturated carbocycles. The molecule has 2 aromatic rings. The van der Waals surface area contributed by atoms with Gasteiger partial charge in [0.2, 0.25) is 0 Å². The van der Waals surface area contributed by atoms with E-state index in [4.69, 9.17) is 9.15 Å². The molecule has 0 fully saturated rings. The van der Waals surface area contributed by atoms with Crippen LogP contribution in [0.15, 0.2) is 22.8 Å². The molecule has 0 saturated heterocycles. The molecule has 0 atom stereocenters. The number of nitrogens with one attached hydrogen (secondary N) is 2. The number of carbonyl (C=O) groups is 3. The minimum atomic E-state index is -0.541. The fourth-order valence-corrected chi connectivity index (χ4v) is 2.78. The van der Waals surface area contributed by atoms with Gasteiger partial charge in [-0.05, 0) is 38.5 Å². The lowest BCUT2D eigenvalue weighted by atomic mass is 10.1. The molecule has 8 nitrogen and oxygen atoms in total. The number of nitrogens with zero attached hydrogens (tertiary/aromatic N) is 1. The van der Waals surface area contributed by atoms with Crippen molar-refractivity contribution in [1.29, 1.82) is 0 Å². The smallest absolute Gasteiger partial charge is 0.354 e. The topological polar surface area (TPSA) is 105 Å². The average Bonchev–Trinajstić information content (AvgIpc) is 3.21. The van der Waals surface area contributed by atoms with Crippen LogP contribution in [0.4, 0.5) is 4.79 Å². The Balaban J connectivity index is 2.25. The molecule has 0 aliphatic carbocycles. The molecule has 2 N–H and O–H groups in total. The van der Waals surface area contributed by atoms with Crippen LogP contribution in [0.2, 0.25) is 0 Å². The summed E-state index contributed by atoms with van der Waals surface area (Å²) in [6, 6.07) is 3.09. The number of carbonyl (C=O) groups excluding carboxylic acids is 3. The number of ether oxygens (including phenoxy) is 1. The zero-order chi connectivity index (χ0) is 19.3. The lowest BCUT2D eigenvalue weighted by Crippen LogP contribution is -2.42. The van der Waals surface area contributed by atoms with Gasteiger partial charge in [-0.15, -0.1) is 0 Å². The van der Waals surface area contributed by atoms with E-state index in [2.05, 4.69) is 10.3 Å². The van der Waals surface area contributed by atoms with Crippen molar-refractivity contribution in [1.82, 2.24) is 15.2 Å². The van der Waals surface area contributed by atoms with Crippen LogP contribution in [-0.4, -0.2) is 47.9 Å². The molecule has 2 amide bonds. The Morgan fingerprint density at radius 1 is 1.31 bits per heavy atom. The fraction of sp³-hybridized carbons (Fsp3) is 0.389. The monoisotopic (exact) mass is 361 g/mol. The highest BCUT2D eigenvalue weighted by Gasteiger charge is 2.25. The number of aromatic nitrogens is 1. The predicted octanol–water partition coefficient (Wildman–Crippen LogP) is 2.43. The highest BCUT2D eigenvalue weighted by Crippen LogP contribution is 2.20. The van der Waals surface area contributed by atoms with E-state index in [-0.39, 0.29) is 30.6 Å². The van der Waals surface area contributed by atoms with E-state index in [1.807, 2.05) is 0 Å². The summed E-state index contributed by atoms with van der Waals surface area (Å²) in [4.78, 5) is 41.2. The first-order chi connectivity index (χ1) is 12.4. The summed E-state index contributed by atoms with van der Waals surface area (Å²) >= 11 is 0. The van der Waals surface area contributed by atoms with Crippen LogP contribution in [0.5, 0.6) is 0 Å². The quantitative estimate of drug-likeness (QED) is 0.582. The van der Waals surface area contributed by atoms with Gasteiger partial charge in [-0.2, -0.15) is 0 Å². The van der Waals surface area contributed by atoms with Crippen molar-refractivity contribution in [3.63, 3.8) is 0 Å². The van der Waals surface area contributed by atoms with Crippen LogP contribution in [0.1, 0.15) is 44.8 Å². The van der Waals surface area contributed by atoms with Gasteiger partial charge in [-0.3, -0.25) is 4.79 Å². The van der Waals surface area contributed by atoms with Gasteiger partial charge in [0, 0.05) is 17.8 Å². The second-order valence-corrected chi connectivity index (χ2v) is 5.81. The van der Waals surface area contributed by atoms with Crippen molar-refractivity contribution in [2.24, 2.45) is 0 Å². The number of Topliss-reactive ketones (excluding diaryl/α,β-unsaturated/α-hetero) is 1. The number of furan rings is 1. The van der Waals surface area contributed by atoms with Crippen LogP contribution in [-0.2, 0) is 11.3 Å². The third kappa shape index (κ3) is 4.14. The van der Waals surface area contributed by atoms with Gasteiger partial charge in [0.15, 0.2) is 5.78 Å². The Morgan fingerprint density at radius 2 is 2.04 bits per heavy atom. The molecular formula is C18H23N3O5. The Labute approximate surface area is 151 Å². The molecule has 26 heavy (non-hydrogen) atoms. The molecular weight excluding hydrogens is 338 g/mol. The van der Waals surface area contributed by atoms with Crippen LogP contribution >= 0.6 is 0 Å². The average molecular weight is 361 g/mol. The van der Waals surface area contributed by atoms with E-state index in [1.165, 1.54) is 18.3 Å². The summed E-state index contributed by atoms with van der Waals surface area (Å²) in [5, 5.41) is 2.69. The molecule has 0 radical (unpaired) electrons. The van der Waals surface area contributed by atoms with E-state index in [0.29, 0.717) is 29.1 Å². The van der Waals surface area contributed by atoms with E-state index in [9.17, 15) is 14.4 Å². The summed E-state index contributed by atoms with van der Waals surface area (Å²) in [6.07, 6.45) is 1.51. The van der Waals surface area contributed by atoms with E-state index < -0.39 is 5.97 Å². The summed E-state index contributed by atoms with van der Waals surface area (Å²) in [7, 11) is 1.28. The highest BCUT2D eigenvalue weighted by molar-refractivity contribution is 6.04. The maximum Gasteiger partial charge on any atom is 0.354 e. The number of hydrogen-bond acceptors (Lipinski definition) is 5. The maximum atomic E-state index is 12.8. The maximum absolute atomic E-state index is 12.8. The van der Waals surface area contributed by atoms with Gasteiger partial charge < -0.3 is 24.4 Å². The molecule has 0 spiro atoms. The second kappa shape index (κ2) is 8.37. The minimum Gasteiger partial charge on any atom is -0.467 e. The third-order valence-electron chi connectivity index (χ3n) is 3.98. The number of amides is 2. The van der Waals surface area contributed by atoms with Gasteiger partial charge >= 0.3 is 12.0 Å². The molecule has 0 aromatic carbocycles. The lowest BCUT2D eigenvalue weighted by molar-refractivity contribution is 0.0593. The molecule has 140 valence electrons. The largest absolute Gasteiger partial charge is 0.467 e. The minimum absolute atomic E-state index is 0.146. The predicted molar refractivity (Wildman–Crippen MR) is 94.1 cm³/mol. The first kappa shape index (κ1) is 19.3. The molecule has 2 heterocycles. The van der Waals surface area contributed by atoms with Crippen molar-refractivity contribution in [3.05, 3.63) is 46.7 Å². The number of methoxy groups -OCH3 is 1. The first-order valence-corrected chi connectivity index (χ1v) is 8.24. The molecule has 2 aromatic heterocycles. The Kier molecular flexibility index (Phi) is 6.21. The normalized spacial score (nSPS) is 10.5. The van der Waals surface area contributed by atoms with Crippen LogP contribution < -0.4 is 5.32 Å². The molecule has 0 bridgehead atoms. The van der Waals surface area contributed by atoms with Crippen molar-refractivity contribution in [3.8, 4) is 0 Å². The fourth-order valence-electron chi connectivity index (χ4n) is 2.78. The zero-order valence-electron chi connectivity index (χ0n) is 15.3. The summed E-state index contributed by atoms with van der Waals surface area (Å²) in [5.74, 6) is -0.244. The van der Waals surface area contributed by atoms with E-state index in [1.54, 1.807) is 32.9 Å². The molecule has 2 rings (SSSR count). The molecule has 8 heteroatoms. The molecule has 0 aliphatic rings. The zero-order valence-corrected chi connectivity index (χ0v) is 15.3. The Bertz CT molecular complexity index is 792. The van der Waals surface area contributed by atoms with Gasteiger partial charge in [-0.25, -0.2) is 9.59 Å². The van der Waals surface area contributed by atoms with Crippen LogP contribution in [0.25, 0.3) is 0 Å². The van der Waals surface area contributed by atoms with Crippen molar-refractivity contribution in [2.75, 3.05) is 20.2 Å². The second-order valence-electron chi connectivity index (χ2n) is 5.81. The van der Waals surface area contributed by atoms with E-state index in [0.717, 1.165) is 0 Å². The van der Waals surface area contributed by atoms with Gasteiger partial charge in [0.05, 0.1) is 26.5 Å². The number of esters is 1. The van der Waals surface area contributed by atoms with Crippen molar-refractivity contribution >= 4 is 17.8 Å². The number of rotatable bonds is 7. The third-order valence-corrected chi connectivity index (χ3v) is 3.98. The lowest BCUT2D eigenvalue weighted by Gasteiger charge is -2.21. The standard InChI is InChI=1S/C18H23N3O5/c1-5-19-18(24)21(9-13-7-6-8-26-13)10-14(22)15-11(2)16(17(23)25-4)20-12(15)3/h6-8,20H,5,9-10H2,1-4H3,(H,19,24). The number of H-pyrrole nitrogens is 1. The number of ketones is 1. The summed E-state index contributed by atoms with van der Waals surface area (Å²) < 4.78 is 9.99. The number of hydrogen-bond donors (Lipinski definition) is 2. The summed E-state index contributed by atoms with van der Waals surface area (Å²) in [6.45, 7) is 5.63. The van der Waals surface area contributed by atoms with Crippen molar-refractivity contribution in [2.45, 2.75) is 27.3 Å². The number of urea groups is 1. The number of aryl methyl sites for hydroxylation is 1. The van der Waals surface area contributed by atoms with Gasteiger partial charge in [-0.1, -0.05) is 0 Å². The molecule has 0 unspecified atom stereocenters.